The van der Waals surface area contributed by atoms with Gasteiger partial charge in [-0.15, -0.1) is 0 Å². The van der Waals surface area contributed by atoms with Crippen LogP contribution in [0.1, 0.15) is 26.7 Å². The molecule has 1 fully saturated rings. The summed E-state index contributed by atoms with van der Waals surface area (Å²) in [4.78, 5) is 27.6. The summed E-state index contributed by atoms with van der Waals surface area (Å²) in [6, 6.07) is 9.36. The minimum absolute atomic E-state index is 0.0376. The summed E-state index contributed by atoms with van der Waals surface area (Å²) in [5.41, 5.74) is 0.776. The molecule has 0 bridgehead atoms. The number of nitrogens with zero attached hydrogens (tertiary/aromatic N) is 2. The minimum atomic E-state index is -0.102. The molecule has 1 atom stereocenters. The molecule has 1 aliphatic heterocycles. The molecule has 2 rings (SSSR count). The van der Waals surface area contributed by atoms with E-state index in [-0.39, 0.29) is 18.4 Å². The number of carbonyl (C=O) groups is 2. The molecule has 0 radical (unpaired) electrons. The molecule has 1 unspecified atom stereocenters. The quantitative estimate of drug-likeness (QED) is 0.848. The molecule has 108 valence electrons. The van der Waals surface area contributed by atoms with Gasteiger partial charge in [-0.05, 0) is 30.9 Å². The predicted molar refractivity (Wildman–Crippen MR) is 79.4 cm³/mol. The van der Waals surface area contributed by atoms with E-state index in [1.165, 1.54) is 13.3 Å². The zero-order valence-corrected chi connectivity index (χ0v) is 12.2. The highest BCUT2D eigenvalue weighted by atomic mass is 16.2. The van der Waals surface area contributed by atoms with Gasteiger partial charge in [0.2, 0.25) is 11.8 Å². The van der Waals surface area contributed by atoms with Crippen LogP contribution in [0.15, 0.2) is 30.3 Å². The Balaban J connectivity index is 2.05. The number of carbonyl (C=O) groups excluding carboxylic acids is 2. The highest BCUT2D eigenvalue weighted by Gasteiger charge is 2.24. The first kappa shape index (κ1) is 14.6. The van der Waals surface area contributed by atoms with Gasteiger partial charge in [-0.2, -0.15) is 0 Å². The lowest BCUT2D eigenvalue weighted by Crippen LogP contribution is -2.46. The molecular weight excluding hydrogens is 252 g/mol. The molecule has 1 aromatic carbocycles. The normalized spacial score (nSPS) is 18.7. The average molecular weight is 274 g/mol. The number of amides is 2. The van der Waals surface area contributed by atoms with E-state index < -0.39 is 0 Å². The number of benzene rings is 1. The maximum absolute atomic E-state index is 12.4. The van der Waals surface area contributed by atoms with Crippen molar-refractivity contribution in [2.45, 2.75) is 26.7 Å². The molecule has 4 heteroatoms. The summed E-state index contributed by atoms with van der Waals surface area (Å²) >= 11 is 0. The Kier molecular flexibility index (Phi) is 4.77. The lowest BCUT2D eigenvalue weighted by Gasteiger charge is -2.32. The van der Waals surface area contributed by atoms with Gasteiger partial charge in [0.25, 0.3) is 0 Å². The second-order valence-corrected chi connectivity index (χ2v) is 5.53. The van der Waals surface area contributed by atoms with Crippen LogP contribution in [0.2, 0.25) is 0 Å². The maximum atomic E-state index is 12.4. The second kappa shape index (κ2) is 6.55. The first-order valence-electron chi connectivity index (χ1n) is 7.19. The lowest BCUT2D eigenvalue weighted by atomic mass is 10.0. The Morgan fingerprint density at radius 1 is 1.30 bits per heavy atom. The first-order valence-corrected chi connectivity index (χ1v) is 7.19. The SMILES string of the molecule is CC(=O)N(CC(=O)N1CCCC(C)C1)c1ccccc1. The van der Waals surface area contributed by atoms with Gasteiger partial charge in [0.05, 0.1) is 0 Å². The van der Waals surface area contributed by atoms with Crippen molar-refractivity contribution in [2.24, 2.45) is 5.92 Å². The van der Waals surface area contributed by atoms with E-state index in [1.54, 1.807) is 4.90 Å². The topological polar surface area (TPSA) is 40.6 Å². The van der Waals surface area contributed by atoms with Crippen molar-refractivity contribution >= 4 is 17.5 Å². The Labute approximate surface area is 120 Å². The van der Waals surface area contributed by atoms with E-state index in [9.17, 15) is 9.59 Å². The fourth-order valence-corrected chi connectivity index (χ4v) is 2.64. The highest BCUT2D eigenvalue weighted by molar-refractivity contribution is 5.97. The van der Waals surface area contributed by atoms with Gasteiger partial charge in [0, 0.05) is 25.7 Å². The van der Waals surface area contributed by atoms with Gasteiger partial charge >= 0.3 is 0 Å². The van der Waals surface area contributed by atoms with Crippen molar-refractivity contribution in [3.8, 4) is 0 Å². The number of hydrogen-bond donors (Lipinski definition) is 0. The van der Waals surface area contributed by atoms with Gasteiger partial charge in [-0.25, -0.2) is 0 Å². The molecule has 0 aliphatic carbocycles. The van der Waals surface area contributed by atoms with Gasteiger partial charge < -0.3 is 9.80 Å². The summed E-state index contributed by atoms with van der Waals surface area (Å²) in [5.74, 6) is 0.486. The van der Waals surface area contributed by atoms with Gasteiger partial charge in [-0.1, -0.05) is 25.1 Å². The molecule has 2 amide bonds. The van der Waals surface area contributed by atoms with Crippen molar-refractivity contribution < 1.29 is 9.59 Å². The molecule has 4 nitrogen and oxygen atoms in total. The third kappa shape index (κ3) is 3.59. The zero-order chi connectivity index (χ0) is 14.5. The number of rotatable bonds is 3. The molecule has 0 aromatic heterocycles. The average Bonchev–Trinajstić information content (AvgIpc) is 2.45. The van der Waals surface area contributed by atoms with E-state index in [0.29, 0.717) is 5.92 Å². The van der Waals surface area contributed by atoms with E-state index in [1.807, 2.05) is 35.2 Å². The summed E-state index contributed by atoms with van der Waals surface area (Å²) in [5, 5.41) is 0. The van der Waals surface area contributed by atoms with Crippen LogP contribution in [0.25, 0.3) is 0 Å². The third-order valence-electron chi connectivity index (χ3n) is 3.75. The fourth-order valence-electron chi connectivity index (χ4n) is 2.64. The molecule has 0 saturated carbocycles. The summed E-state index contributed by atoms with van der Waals surface area (Å²) in [6.45, 7) is 5.41. The monoisotopic (exact) mass is 274 g/mol. The molecule has 1 aromatic rings. The fraction of sp³-hybridized carbons (Fsp3) is 0.500. The van der Waals surface area contributed by atoms with Crippen LogP contribution < -0.4 is 4.90 Å². The maximum Gasteiger partial charge on any atom is 0.242 e. The number of likely N-dealkylation sites (tertiary alicyclic amines) is 1. The van der Waals surface area contributed by atoms with Crippen LogP contribution >= 0.6 is 0 Å². The van der Waals surface area contributed by atoms with Crippen molar-refractivity contribution in [3.05, 3.63) is 30.3 Å². The Hall–Kier alpha value is -1.84. The van der Waals surface area contributed by atoms with Crippen molar-refractivity contribution in [1.29, 1.82) is 0 Å². The molecule has 1 saturated heterocycles. The molecule has 0 N–H and O–H groups in total. The van der Waals surface area contributed by atoms with Crippen LogP contribution in [0.4, 0.5) is 5.69 Å². The number of piperidine rings is 1. The Morgan fingerprint density at radius 3 is 2.60 bits per heavy atom. The van der Waals surface area contributed by atoms with E-state index >= 15 is 0 Å². The number of hydrogen-bond acceptors (Lipinski definition) is 2. The van der Waals surface area contributed by atoms with Crippen LogP contribution in [0, 0.1) is 5.92 Å². The molecule has 20 heavy (non-hydrogen) atoms. The van der Waals surface area contributed by atoms with Gasteiger partial charge in [0.1, 0.15) is 6.54 Å². The van der Waals surface area contributed by atoms with Crippen LogP contribution in [-0.4, -0.2) is 36.3 Å². The predicted octanol–water partition coefficient (Wildman–Crippen LogP) is 2.30. The Morgan fingerprint density at radius 2 is 2.00 bits per heavy atom. The van der Waals surface area contributed by atoms with Gasteiger partial charge in [-0.3, -0.25) is 9.59 Å². The smallest absolute Gasteiger partial charge is 0.242 e. The van der Waals surface area contributed by atoms with Crippen LogP contribution in [0.5, 0.6) is 0 Å². The first-order chi connectivity index (χ1) is 9.58. The minimum Gasteiger partial charge on any atom is -0.341 e. The Bertz CT molecular complexity index is 473. The van der Waals surface area contributed by atoms with E-state index in [2.05, 4.69) is 6.92 Å². The van der Waals surface area contributed by atoms with Crippen LogP contribution in [0.3, 0.4) is 0 Å². The standard InChI is InChI=1S/C16H22N2O2/c1-13-7-6-10-17(11-13)16(20)12-18(14(2)19)15-8-4-3-5-9-15/h3-5,8-9,13H,6-7,10-12H2,1-2H3. The molecular formula is C16H22N2O2. The van der Waals surface area contributed by atoms with Gasteiger partial charge in [0.15, 0.2) is 0 Å². The van der Waals surface area contributed by atoms with Crippen molar-refractivity contribution in [1.82, 2.24) is 4.90 Å². The molecule has 1 heterocycles. The van der Waals surface area contributed by atoms with E-state index in [4.69, 9.17) is 0 Å². The number of para-hydroxylation sites is 1. The summed E-state index contributed by atoms with van der Waals surface area (Å²) < 4.78 is 0. The third-order valence-corrected chi connectivity index (χ3v) is 3.75. The highest BCUT2D eigenvalue weighted by Crippen LogP contribution is 2.17. The summed E-state index contributed by atoms with van der Waals surface area (Å²) in [6.07, 6.45) is 2.23. The lowest BCUT2D eigenvalue weighted by molar-refractivity contribution is -0.132. The summed E-state index contributed by atoms with van der Waals surface area (Å²) in [7, 11) is 0. The zero-order valence-electron chi connectivity index (χ0n) is 12.2. The second-order valence-electron chi connectivity index (χ2n) is 5.53. The van der Waals surface area contributed by atoms with E-state index in [0.717, 1.165) is 25.2 Å². The largest absolute Gasteiger partial charge is 0.341 e. The van der Waals surface area contributed by atoms with Crippen molar-refractivity contribution in [2.75, 3.05) is 24.5 Å². The van der Waals surface area contributed by atoms with Crippen molar-refractivity contribution in [3.63, 3.8) is 0 Å². The molecule has 1 aliphatic rings. The molecule has 0 spiro atoms. The van der Waals surface area contributed by atoms with Crippen LogP contribution in [-0.2, 0) is 9.59 Å². The number of anilines is 1.